The smallest absolute Gasteiger partial charge is 0.131 e. The summed E-state index contributed by atoms with van der Waals surface area (Å²) in [5.74, 6) is -6.32. The van der Waals surface area contributed by atoms with Crippen LogP contribution >= 0.6 is 0 Å². The molecule has 0 bridgehead atoms. The number of rotatable bonds is 12. The van der Waals surface area contributed by atoms with Crippen LogP contribution in [-0.4, -0.2) is 0 Å². The van der Waals surface area contributed by atoms with E-state index in [0.717, 1.165) is 68.8 Å². The van der Waals surface area contributed by atoms with E-state index in [1.807, 2.05) is 184 Å². The van der Waals surface area contributed by atoms with Crippen molar-refractivity contribution in [2.75, 3.05) is 19.6 Å². The number of para-hydroxylation sites is 4. The van der Waals surface area contributed by atoms with Gasteiger partial charge in [0.25, 0.3) is 0 Å². The van der Waals surface area contributed by atoms with Crippen LogP contribution in [0.25, 0.3) is 32.3 Å². The third kappa shape index (κ3) is 9.69. The van der Waals surface area contributed by atoms with E-state index in [1.54, 1.807) is 55.4 Å². The summed E-state index contributed by atoms with van der Waals surface area (Å²) < 4.78 is 135. The molecule has 0 heterocycles. The Bertz CT molecular complexity index is 4280. The van der Waals surface area contributed by atoms with Crippen molar-refractivity contribution < 1.29 is 35.1 Å². The minimum Gasteiger partial charge on any atom is -0.309 e. The van der Waals surface area contributed by atoms with Crippen molar-refractivity contribution >= 4 is 101 Å². The normalized spacial score (nSPS) is 11.7. The first kappa shape index (κ1) is 62.5. The molecule has 0 aliphatic carbocycles. The molecule has 0 saturated carbocycles. The molecule has 0 spiro atoms. The second kappa shape index (κ2) is 23.2. The van der Waals surface area contributed by atoms with Crippen LogP contribution in [0.5, 0.6) is 0 Å². The van der Waals surface area contributed by atoms with Gasteiger partial charge in [-0.15, -0.1) is 0 Å². The molecular formula is C80H70F8N4. The molecule has 4 nitrogen and oxygen atoms in total. The minimum atomic E-state index is -0.790. The highest BCUT2D eigenvalue weighted by molar-refractivity contribution is 6.33. The lowest BCUT2D eigenvalue weighted by Gasteiger charge is -2.38. The van der Waals surface area contributed by atoms with E-state index in [0.29, 0.717) is 77.8 Å². The molecule has 0 atom stereocenters. The highest BCUT2D eigenvalue weighted by Gasteiger charge is 2.36. The van der Waals surface area contributed by atoms with Gasteiger partial charge >= 0.3 is 0 Å². The van der Waals surface area contributed by atoms with Gasteiger partial charge in [-0.3, -0.25) is 0 Å². The van der Waals surface area contributed by atoms with Crippen molar-refractivity contribution in [3.63, 3.8) is 0 Å². The van der Waals surface area contributed by atoms with Crippen LogP contribution < -0.4 is 19.6 Å². The van der Waals surface area contributed by atoms with Crippen LogP contribution in [0.4, 0.5) is 103 Å². The van der Waals surface area contributed by atoms with E-state index in [-0.39, 0.29) is 67.3 Å². The largest absolute Gasteiger partial charge is 0.309 e. The second-order valence-electron chi connectivity index (χ2n) is 25.0. The number of hydrogen-bond donors (Lipinski definition) is 0. The number of nitrogens with zero attached hydrogens (tertiary/aromatic N) is 4. The summed E-state index contributed by atoms with van der Waals surface area (Å²) in [5.41, 5.74) is 12.1. The van der Waals surface area contributed by atoms with Gasteiger partial charge in [0.2, 0.25) is 0 Å². The molecule has 466 valence electrons. The third-order valence-corrected chi connectivity index (χ3v) is 19.0. The summed E-state index contributed by atoms with van der Waals surface area (Å²) in [6, 6.07) is 38.3. The zero-order chi connectivity index (χ0) is 66.1. The average Bonchev–Trinajstić information content (AvgIpc) is 0.695. The molecule has 0 aromatic heterocycles. The number of anilines is 12. The van der Waals surface area contributed by atoms with Gasteiger partial charge in [0, 0.05) is 101 Å². The van der Waals surface area contributed by atoms with E-state index in [9.17, 15) is 0 Å². The number of aryl methyl sites for hydroxylation is 8. The van der Waals surface area contributed by atoms with E-state index in [1.165, 1.54) is 0 Å². The first-order valence-electron chi connectivity index (χ1n) is 30.7. The number of benzene rings is 12. The van der Waals surface area contributed by atoms with Gasteiger partial charge in [-0.2, -0.15) is 0 Å². The average molecular weight is 1240 g/mol. The Labute approximate surface area is 532 Å². The molecule has 0 radical (unpaired) electrons. The van der Waals surface area contributed by atoms with Crippen LogP contribution in [0.2, 0.25) is 0 Å². The lowest BCUT2D eigenvalue weighted by Crippen LogP contribution is -2.21. The van der Waals surface area contributed by atoms with E-state index in [4.69, 9.17) is 0 Å². The minimum absolute atomic E-state index is 0.142. The maximum atomic E-state index is 16.8. The molecule has 12 aromatic rings. The van der Waals surface area contributed by atoms with Crippen LogP contribution in [0, 0.1) is 157 Å². The van der Waals surface area contributed by atoms with E-state index in [2.05, 4.69) is 0 Å². The number of hydrogen-bond acceptors (Lipinski definition) is 4. The summed E-state index contributed by atoms with van der Waals surface area (Å²) in [4.78, 5) is 7.57. The molecule has 0 N–H and O–H groups in total. The van der Waals surface area contributed by atoms with Gasteiger partial charge in [-0.05, 0) is 167 Å². The summed E-state index contributed by atoms with van der Waals surface area (Å²) in [7, 11) is 0. The zero-order valence-corrected chi connectivity index (χ0v) is 54.5. The van der Waals surface area contributed by atoms with Crippen LogP contribution in [-0.2, 0) is 0 Å². The first-order valence-corrected chi connectivity index (χ1v) is 30.7. The first-order chi connectivity index (χ1) is 43.7. The Balaban J connectivity index is 1.43. The van der Waals surface area contributed by atoms with Gasteiger partial charge in [0.1, 0.15) is 46.5 Å². The van der Waals surface area contributed by atoms with Crippen molar-refractivity contribution in [2.24, 2.45) is 0 Å². The molecule has 0 aliphatic heterocycles. The maximum Gasteiger partial charge on any atom is 0.131 e. The molecule has 0 fully saturated rings. The van der Waals surface area contributed by atoms with Gasteiger partial charge in [-0.25, -0.2) is 35.1 Å². The lowest BCUT2D eigenvalue weighted by molar-refractivity contribution is 0.571. The van der Waals surface area contributed by atoms with Crippen molar-refractivity contribution in [2.45, 2.75) is 111 Å². The molecule has 0 unspecified atom stereocenters. The standard InChI is InChI=1S/C80H70F8N4/c1-39-21-17-22-40(2)73(39)89(77-47(9)59(81)33-60(82)48(77)10)67-37-68(90(74-41(3)23-18-24-42(74)4)78-49(11)61(83)34-62(84)50(78)12)56-31-32-58-70(92(76-45(7)27-20-28-46(76)8)80-53(15)65(87)36-66(88)54(80)16)38-69(57-30-29-55(67)71(56)72(57)58)91(75-43(5)25-19-26-44(75)6)79-51(13)63(85)35-64(86)52(79)14/h17-38H,1-16H3. The van der Waals surface area contributed by atoms with Gasteiger partial charge in [0.15, 0.2) is 0 Å². The monoisotopic (exact) mass is 1240 g/mol. The molecule has 12 rings (SSSR count). The highest BCUT2D eigenvalue weighted by atomic mass is 19.2. The van der Waals surface area contributed by atoms with Crippen LogP contribution in [0.15, 0.2) is 133 Å². The third-order valence-electron chi connectivity index (χ3n) is 19.0. The Morgan fingerprint density at radius 3 is 0.500 bits per heavy atom. The van der Waals surface area contributed by atoms with Crippen molar-refractivity contribution in [3.8, 4) is 0 Å². The molecule has 12 heteroatoms. The number of halogens is 8. The fourth-order valence-electron chi connectivity index (χ4n) is 14.4. The predicted molar refractivity (Wildman–Crippen MR) is 364 cm³/mol. The van der Waals surface area contributed by atoms with Gasteiger partial charge < -0.3 is 19.6 Å². The zero-order valence-electron chi connectivity index (χ0n) is 54.5. The molecular weight excluding hydrogens is 1170 g/mol. The Morgan fingerprint density at radius 1 is 0.196 bits per heavy atom. The quantitative estimate of drug-likeness (QED) is 0.0893. The van der Waals surface area contributed by atoms with Crippen LogP contribution in [0.3, 0.4) is 0 Å². The van der Waals surface area contributed by atoms with Gasteiger partial charge in [0.05, 0.1) is 68.2 Å². The lowest BCUT2D eigenvalue weighted by atomic mass is 9.87. The van der Waals surface area contributed by atoms with Crippen LogP contribution in [0.1, 0.15) is 89.0 Å². The van der Waals surface area contributed by atoms with Crippen molar-refractivity contribution in [1.82, 2.24) is 0 Å². The van der Waals surface area contributed by atoms with Crippen molar-refractivity contribution in [3.05, 3.63) is 269 Å². The fourth-order valence-corrected chi connectivity index (χ4v) is 14.4. The predicted octanol–water partition coefficient (Wildman–Crippen LogP) is 24.5. The second-order valence-corrected chi connectivity index (χ2v) is 25.0. The molecule has 12 aromatic carbocycles. The summed E-state index contributed by atoms with van der Waals surface area (Å²) in [5, 5.41) is 3.35. The molecule has 0 amide bonds. The van der Waals surface area contributed by atoms with Gasteiger partial charge in [-0.1, -0.05) is 97.1 Å². The summed E-state index contributed by atoms with van der Waals surface area (Å²) in [6.45, 7) is 28.3. The Morgan fingerprint density at radius 2 is 0.348 bits per heavy atom. The SMILES string of the molecule is Cc1cccc(C)c1N(c1c(C)c(F)cc(F)c1C)c1cc(N(c2c(C)cccc2C)c2c(C)c(F)cc(F)c2C)c2ccc3c(N(c4c(C)cccc4C)c4c(C)c(F)cc(F)c4C)cc(N(c4c(C)cccc4C)c4c(C)c(F)cc(F)c4C)c4ccc1c2c43. The topological polar surface area (TPSA) is 13.0 Å². The summed E-state index contributed by atoms with van der Waals surface area (Å²) >= 11 is 0. The highest BCUT2D eigenvalue weighted by Crippen LogP contribution is 2.59. The van der Waals surface area contributed by atoms with E-state index < -0.39 is 46.5 Å². The summed E-state index contributed by atoms with van der Waals surface area (Å²) in [6.07, 6.45) is 0. The fraction of sp³-hybridized carbons (Fsp3) is 0.200. The van der Waals surface area contributed by atoms with E-state index >= 15 is 35.1 Å². The molecule has 0 saturated heterocycles. The molecule has 92 heavy (non-hydrogen) atoms. The Hall–Kier alpha value is -9.68. The van der Waals surface area contributed by atoms with Crippen molar-refractivity contribution in [1.29, 1.82) is 0 Å². The molecule has 0 aliphatic rings. The Kier molecular flexibility index (Phi) is 15.8. The maximum absolute atomic E-state index is 16.8.